The van der Waals surface area contributed by atoms with Crippen LogP contribution in [0.5, 0.6) is 0 Å². The largest absolute Gasteiger partial charge is 0.336 e. The van der Waals surface area contributed by atoms with Crippen molar-refractivity contribution in [3.63, 3.8) is 0 Å². The molecule has 1 aliphatic heterocycles. The highest BCUT2D eigenvalue weighted by molar-refractivity contribution is 7.11. The first-order valence-corrected chi connectivity index (χ1v) is 8.90. The van der Waals surface area contributed by atoms with E-state index in [2.05, 4.69) is 25.4 Å². The molecule has 1 aliphatic rings. The van der Waals surface area contributed by atoms with E-state index in [9.17, 15) is 4.79 Å². The van der Waals surface area contributed by atoms with E-state index in [1.54, 1.807) is 10.2 Å². The van der Waals surface area contributed by atoms with Gasteiger partial charge in [-0.3, -0.25) is 4.79 Å². The van der Waals surface area contributed by atoms with Crippen LogP contribution in [0, 0.1) is 6.92 Å². The second-order valence-electron chi connectivity index (χ2n) is 5.77. The van der Waals surface area contributed by atoms with Crippen molar-refractivity contribution < 1.29 is 4.79 Å². The van der Waals surface area contributed by atoms with E-state index in [0.29, 0.717) is 32.1 Å². The van der Waals surface area contributed by atoms with Crippen molar-refractivity contribution in [2.45, 2.75) is 6.92 Å². The number of carbonyl (C=O) groups is 1. The summed E-state index contributed by atoms with van der Waals surface area (Å²) < 4.78 is 1.73. The summed E-state index contributed by atoms with van der Waals surface area (Å²) >= 11 is 1.40. The lowest BCUT2D eigenvalue weighted by atomic mass is 10.3. The molecular weight excluding hydrogens is 338 g/mol. The summed E-state index contributed by atoms with van der Waals surface area (Å²) in [6, 6.07) is 9.79. The fourth-order valence-corrected chi connectivity index (χ4v) is 3.65. The number of amides is 1. The lowest BCUT2D eigenvalue weighted by Gasteiger charge is -2.34. The van der Waals surface area contributed by atoms with Gasteiger partial charge in [-0.2, -0.15) is 4.68 Å². The smallest absolute Gasteiger partial charge is 0.265 e. The van der Waals surface area contributed by atoms with Crippen LogP contribution in [0.4, 0.5) is 5.95 Å². The van der Waals surface area contributed by atoms with Crippen molar-refractivity contribution in [3.8, 4) is 5.69 Å². The van der Waals surface area contributed by atoms with Crippen molar-refractivity contribution in [3.05, 3.63) is 46.4 Å². The van der Waals surface area contributed by atoms with E-state index >= 15 is 0 Å². The second-order valence-corrected chi connectivity index (χ2v) is 6.63. The molecule has 2 aromatic heterocycles. The molecule has 0 bridgehead atoms. The Labute approximate surface area is 148 Å². The summed E-state index contributed by atoms with van der Waals surface area (Å²) in [7, 11) is 0. The van der Waals surface area contributed by atoms with E-state index in [1.165, 1.54) is 11.3 Å². The first kappa shape index (κ1) is 15.7. The summed E-state index contributed by atoms with van der Waals surface area (Å²) in [6.45, 7) is 4.53. The standard InChI is InChI=1S/C16H17N7OS/c1-12-14(25-11-17-12)15(24)21-7-9-22(10-8-21)16-18-19-20-23(16)13-5-3-2-4-6-13/h2-6,11H,7-10H2,1H3. The van der Waals surface area contributed by atoms with Gasteiger partial charge in [0.25, 0.3) is 5.91 Å². The quantitative estimate of drug-likeness (QED) is 0.706. The molecule has 8 nitrogen and oxygen atoms in total. The van der Waals surface area contributed by atoms with Crippen LogP contribution in [0.2, 0.25) is 0 Å². The maximum atomic E-state index is 12.6. The van der Waals surface area contributed by atoms with Crippen molar-refractivity contribution in [2.75, 3.05) is 31.1 Å². The molecule has 1 fully saturated rings. The number of thiazole rings is 1. The molecular formula is C16H17N7OS. The van der Waals surface area contributed by atoms with Gasteiger partial charge < -0.3 is 9.80 Å². The summed E-state index contributed by atoms with van der Waals surface area (Å²) in [5.74, 6) is 0.759. The van der Waals surface area contributed by atoms with Gasteiger partial charge in [-0.1, -0.05) is 23.3 Å². The predicted molar refractivity (Wildman–Crippen MR) is 94.1 cm³/mol. The topological polar surface area (TPSA) is 80.0 Å². The molecule has 1 amide bonds. The summed E-state index contributed by atoms with van der Waals surface area (Å²) in [5.41, 5.74) is 3.43. The van der Waals surface area contributed by atoms with Gasteiger partial charge >= 0.3 is 0 Å². The van der Waals surface area contributed by atoms with Gasteiger partial charge in [0.05, 0.1) is 16.9 Å². The monoisotopic (exact) mass is 355 g/mol. The Morgan fingerprint density at radius 1 is 1.12 bits per heavy atom. The van der Waals surface area contributed by atoms with E-state index in [0.717, 1.165) is 16.3 Å². The molecule has 0 N–H and O–H groups in total. The van der Waals surface area contributed by atoms with Crippen LogP contribution in [-0.2, 0) is 0 Å². The van der Waals surface area contributed by atoms with Crippen LogP contribution in [0.1, 0.15) is 15.4 Å². The number of hydrogen-bond donors (Lipinski definition) is 0. The summed E-state index contributed by atoms with van der Waals surface area (Å²) in [4.78, 5) is 21.5. The molecule has 0 aliphatic carbocycles. The first-order chi connectivity index (χ1) is 12.2. The maximum absolute atomic E-state index is 12.6. The van der Waals surface area contributed by atoms with Gasteiger partial charge in [-0.25, -0.2) is 4.98 Å². The van der Waals surface area contributed by atoms with Crippen LogP contribution < -0.4 is 4.90 Å². The zero-order valence-corrected chi connectivity index (χ0v) is 14.6. The minimum Gasteiger partial charge on any atom is -0.336 e. The van der Waals surface area contributed by atoms with Crippen LogP contribution in [0.25, 0.3) is 5.69 Å². The number of tetrazole rings is 1. The molecule has 3 aromatic rings. The number of piperazine rings is 1. The number of hydrogen-bond acceptors (Lipinski definition) is 7. The molecule has 1 saturated heterocycles. The minimum absolute atomic E-state index is 0.0577. The molecule has 1 aromatic carbocycles. The lowest BCUT2D eigenvalue weighted by Crippen LogP contribution is -2.49. The Hall–Kier alpha value is -2.81. The summed E-state index contributed by atoms with van der Waals surface area (Å²) in [5, 5.41) is 12.1. The van der Waals surface area contributed by atoms with Crippen LogP contribution >= 0.6 is 11.3 Å². The molecule has 0 saturated carbocycles. The maximum Gasteiger partial charge on any atom is 0.265 e. The Kier molecular flexibility index (Phi) is 4.14. The third-order valence-electron chi connectivity index (χ3n) is 4.24. The number of benzene rings is 1. The molecule has 0 unspecified atom stereocenters. The SMILES string of the molecule is Cc1ncsc1C(=O)N1CCN(c2nnnn2-c2ccccc2)CC1. The van der Waals surface area contributed by atoms with Gasteiger partial charge in [0, 0.05) is 26.2 Å². The molecule has 128 valence electrons. The predicted octanol–water partition coefficient (Wildman–Crippen LogP) is 1.39. The van der Waals surface area contributed by atoms with E-state index in [-0.39, 0.29) is 5.91 Å². The Bertz CT molecular complexity index is 868. The Morgan fingerprint density at radius 3 is 2.56 bits per heavy atom. The molecule has 25 heavy (non-hydrogen) atoms. The van der Waals surface area contributed by atoms with Crippen molar-refractivity contribution in [1.29, 1.82) is 0 Å². The molecule has 4 rings (SSSR count). The van der Waals surface area contributed by atoms with Crippen molar-refractivity contribution in [1.82, 2.24) is 30.1 Å². The third kappa shape index (κ3) is 2.98. The van der Waals surface area contributed by atoms with Crippen LogP contribution in [0.15, 0.2) is 35.8 Å². The molecule has 0 atom stereocenters. The fourth-order valence-electron chi connectivity index (χ4n) is 2.88. The van der Waals surface area contributed by atoms with Crippen LogP contribution in [-0.4, -0.2) is 62.2 Å². The number of nitrogens with zero attached hydrogens (tertiary/aromatic N) is 7. The first-order valence-electron chi connectivity index (χ1n) is 8.02. The zero-order valence-electron chi connectivity index (χ0n) is 13.7. The summed E-state index contributed by atoms with van der Waals surface area (Å²) in [6.07, 6.45) is 0. The van der Waals surface area contributed by atoms with Gasteiger partial charge in [-0.15, -0.1) is 11.3 Å². The highest BCUT2D eigenvalue weighted by Crippen LogP contribution is 2.20. The Morgan fingerprint density at radius 2 is 1.88 bits per heavy atom. The molecule has 9 heteroatoms. The van der Waals surface area contributed by atoms with E-state index in [4.69, 9.17) is 0 Å². The highest BCUT2D eigenvalue weighted by atomic mass is 32.1. The zero-order chi connectivity index (χ0) is 17.2. The number of aryl methyl sites for hydroxylation is 1. The highest BCUT2D eigenvalue weighted by Gasteiger charge is 2.26. The van der Waals surface area contributed by atoms with Gasteiger partial charge in [-0.05, 0) is 29.5 Å². The third-order valence-corrected chi connectivity index (χ3v) is 5.16. The normalized spacial score (nSPS) is 14.8. The average molecular weight is 355 g/mol. The van der Waals surface area contributed by atoms with Crippen molar-refractivity contribution >= 4 is 23.2 Å². The van der Waals surface area contributed by atoms with E-state index in [1.807, 2.05) is 42.2 Å². The second kappa shape index (κ2) is 6.60. The number of aromatic nitrogens is 5. The molecule has 0 radical (unpaired) electrons. The van der Waals surface area contributed by atoms with Crippen molar-refractivity contribution in [2.24, 2.45) is 0 Å². The van der Waals surface area contributed by atoms with Gasteiger partial charge in [0.15, 0.2) is 0 Å². The lowest BCUT2D eigenvalue weighted by molar-refractivity contribution is 0.0750. The number of carbonyl (C=O) groups excluding carboxylic acids is 1. The molecule has 0 spiro atoms. The Balaban J connectivity index is 1.47. The van der Waals surface area contributed by atoms with Crippen LogP contribution in [0.3, 0.4) is 0 Å². The number of para-hydroxylation sites is 1. The minimum atomic E-state index is 0.0577. The van der Waals surface area contributed by atoms with E-state index < -0.39 is 0 Å². The van der Waals surface area contributed by atoms with Gasteiger partial charge in [0.1, 0.15) is 4.88 Å². The number of rotatable bonds is 3. The fraction of sp³-hybridized carbons (Fsp3) is 0.312. The number of anilines is 1. The average Bonchev–Trinajstić information content (AvgIpc) is 3.31. The van der Waals surface area contributed by atoms with Gasteiger partial charge in [0.2, 0.25) is 5.95 Å². The molecule has 3 heterocycles.